The molecule has 6 nitrogen and oxygen atoms in total. The van der Waals surface area contributed by atoms with Crippen molar-refractivity contribution >= 4 is 47.5 Å². The number of ether oxygens (including phenoxy) is 1. The molecule has 0 N–H and O–H groups in total. The Morgan fingerprint density at radius 3 is 1.98 bits per heavy atom. The van der Waals surface area contributed by atoms with Crippen molar-refractivity contribution in [2.24, 2.45) is 4.99 Å². The fourth-order valence-corrected chi connectivity index (χ4v) is 6.15. The average molecular weight is 728 g/mol. The van der Waals surface area contributed by atoms with Crippen molar-refractivity contribution < 1.29 is 22.7 Å². The Morgan fingerprint density at radius 2 is 1.46 bits per heavy atom. The normalized spacial score (nSPS) is 18.6. The van der Waals surface area contributed by atoms with Gasteiger partial charge in [0.15, 0.2) is 0 Å². The number of halogens is 6. The van der Waals surface area contributed by atoms with Gasteiger partial charge in [-0.25, -0.2) is 4.79 Å². The lowest BCUT2D eigenvalue weighted by atomic mass is 9.86. The van der Waals surface area contributed by atoms with E-state index < -0.39 is 24.7 Å². The van der Waals surface area contributed by atoms with Gasteiger partial charge in [0.1, 0.15) is 17.6 Å². The van der Waals surface area contributed by atoms with E-state index in [9.17, 15) is 18.0 Å². The molecule has 2 amide bonds. The molecular formula is C36H44Cl3F3N4O2. The maximum Gasteiger partial charge on any atom is 0.390 e. The van der Waals surface area contributed by atoms with E-state index in [1.807, 2.05) is 49.4 Å². The molecule has 1 saturated heterocycles. The number of urea groups is 1. The van der Waals surface area contributed by atoms with Gasteiger partial charge >= 0.3 is 12.2 Å². The van der Waals surface area contributed by atoms with E-state index in [1.165, 1.54) is 0 Å². The number of carbonyl (C=O) groups is 1. The van der Waals surface area contributed by atoms with Crippen LogP contribution in [-0.2, 0) is 5.41 Å². The largest absolute Gasteiger partial charge is 0.493 e. The number of carbonyl (C=O) groups excluding carboxylic acids is 1. The molecule has 12 heteroatoms. The number of benzene rings is 3. The zero-order valence-electron chi connectivity index (χ0n) is 26.9. The van der Waals surface area contributed by atoms with Crippen molar-refractivity contribution in [2.75, 3.05) is 39.3 Å². The summed E-state index contributed by atoms with van der Waals surface area (Å²) in [6.07, 6.45) is -5.10. The van der Waals surface area contributed by atoms with Crippen LogP contribution in [0, 0.1) is 0 Å². The zero-order chi connectivity index (χ0) is 33.2. The molecule has 3 aromatic rings. The smallest absolute Gasteiger partial charge is 0.390 e. The third kappa shape index (κ3) is 9.17. The molecule has 0 radical (unpaired) electrons. The van der Waals surface area contributed by atoms with Gasteiger partial charge in [-0.2, -0.15) is 13.2 Å². The number of piperazine rings is 1. The van der Waals surface area contributed by atoms with Gasteiger partial charge in [0.25, 0.3) is 0 Å². The number of alkyl halides is 3. The van der Waals surface area contributed by atoms with Crippen LogP contribution in [0.3, 0.4) is 0 Å². The SMILES string of the molecule is C.CCOc1cc(C(C)(C)C)ccc1C1=N[C@@H](c2ccc(Cl)cc2)[C@@H](c2ccc(Cl)cc2)N1C(=O)N1CCN(CCC(F)(F)F)CC1.Cl. The van der Waals surface area contributed by atoms with Gasteiger partial charge in [0.2, 0.25) is 0 Å². The van der Waals surface area contributed by atoms with Gasteiger partial charge in [-0.3, -0.25) is 14.8 Å². The highest BCUT2D eigenvalue weighted by Crippen LogP contribution is 2.46. The molecule has 2 atom stereocenters. The molecule has 48 heavy (non-hydrogen) atoms. The highest BCUT2D eigenvalue weighted by Gasteiger charge is 2.45. The van der Waals surface area contributed by atoms with Gasteiger partial charge in [-0.05, 0) is 65.4 Å². The van der Waals surface area contributed by atoms with Crippen LogP contribution in [-0.4, -0.2) is 72.1 Å². The summed E-state index contributed by atoms with van der Waals surface area (Å²) in [5.41, 5.74) is 3.33. The number of amides is 2. The second-order valence-electron chi connectivity index (χ2n) is 12.7. The van der Waals surface area contributed by atoms with E-state index in [1.54, 1.807) is 39.0 Å². The molecule has 0 bridgehead atoms. The van der Waals surface area contributed by atoms with Gasteiger partial charge < -0.3 is 9.64 Å². The van der Waals surface area contributed by atoms with Crippen LogP contribution in [0.1, 0.15) is 75.9 Å². The standard InChI is InChI=1S/C35H39Cl2F3N4O2.CH4.ClH/c1-5-46-29-22-25(34(2,3)4)10-15-28(29)32-41-30(23-6-11-26(36)12-7-23)31(24-8-13-27(37)14-9-24)44(32)33(45)43-20-18-42(19-21-43)17-16-35(38,39)40;;/h6-15,22,30-31H,5,16-21H2,1-4H3;1H4;1H/t30-,31+;;/m0../s1. The topological polar surface area (TPSA) is 48.4 Å². The summed E-state index contributed by atoms with van der Waals surface area (Å²) in [6, 6.07) is 19.5. The number of amidine groups is 1. The third-order valence-corrected chi connectivity index (χ3v) is 8.94. The first kappa shape index (κ1) is 39.5. The first-order valence-electron chi connectivity index (χ1n) is 15.5. The van der Waals surface area contributed by atoms with E-state index in [2.05, 4.69) is 20.8 Å². The molecule has 2 heterocycles. The fraction of sp³-hybridized carbons (Fsp3) is 0.444. The predicted molar refractivity (Wildman–Crippen MR) is 191 cm³/mol. The number of nitrogens with zero attached hydrogens (tertiary/aromatic N) is 4. The minimum atomic E-state index is -4.23. The summed E-state index contributed by atoms with van der Waals surface area (Å²) in [5.74, 6) is 1.09. The van der Waals surface area contributed by atoms with Crippen molar-refractivity contribution in [1.29, 1.82) is 0 Å². The molecule has 0 saturated carbocycles. The summed E-state index contributed by atoms with van der Waals surface area (Å²) in [4.78, 5) is 25.1. The monoisotopic (exact) mass is 726 g/mol. The zero-order valence-corrected chi connectivity index (χ0v) is 29.2. The minimum Gasteiger partial charge on any atom is -0.493 e. The molecule has 0 unspecified atom stereocenters. The predicted octanol–water partition coefficient (Wildman–Crippen LogP) is 9.98. The third-order valence-electron chi connectivity index (χ3n) is 8.44. The van der Waals surface area contributed by atoms with Gasteiger partial charge in [-0.15, -0.1) is 12.4 Å². The Morgan fingerprint density at radius 1 is 0.896 bits per heavy atom. The fourth-order valence-electron chi connectivity index (χ4n) is 5.90. The Balaban J connectivity index is 0.00000312. The van der Waals surface area contributed by atoms with Crippen LogP contribution in [0.15, 0.2) is 71.7 Å². The van der Waals surface area contributed by atoms with Crippen molar-refractivity contribution in [3.05, 3.63) is 99.0 Å². The summed E-state index contributed by atoms with van der Waals surface area (Å²) < 4.78 is 44.9. The summed E-state index contributed by atoms with van der Waals surface area (Å²) in [7, 11) is 0. The van der Waals surface area contributed by atoms with Crippen LogP contribution in [0.25, 0.3) is 0 Å². The molecule has 1 fully saturated rings. The summed E-state index contributed by atoms with van der Waals surface area (Å²) in [5, 5.41) is 1.15. The number of rotatable bonds is 7. The molecule has 2 aliphatic rings. The molecule has 0 spiro atoms. The average Bonchev–Trinajstić information content (AvgIpc) is 3.40. The van der Waals surface area contributed by atoms with E-state index in [-0.39, 0.29) is 37.8 Å². The van der Waals surface area contributed by atoms with E-state index in [4.69, 9.17) is 32.9 Å². The van der Waals surface area contributed by atoms with Crippen LogP contribution >= 0.6 is 35.6 Å². The molecule has 262 valence electrons. The first-order chi connectivity index (χ1) is 21.7. The molecule has 2 aliphatic heterocycles. The Labute approximate surface area is 298 Å². The maximum atomic E-state index is 14.7. The lowest BCUT2D eigenvalue weighted by molar-refractivity contribution is -0.138. The molecule has 0 aromatic heterocycles. The molecule has 3 aromatic carbocycles. The van der Waals surface area contributed by atoms with Gasteiger partial charge in [0, 0.05) is 42.8 Å². The summed E-state index contributed by atoms with van der Waals surface area (Å²) >= 11 is 12.5. The number of hydrogen-bond acceptors (Lipinski definition) is 4. The van der Waals surface area contributed by atoms with Crippen LogP contribution in [0.4, 0.5) is 18.0 Å². The van der Waals surface area contributed by atoms with Crippen molar-refractivity contribution in [3.63, 3.8) is 0 Å². The Hall–Kier alpha value is -2.98. The quantitative estimate of drug-likeness (QED) is 0.244. The molecule has 0 aliphatic carbocycles. The van der Waals surface area contributed by atoms with Gasteiger partial charge in [0.05, 0.1) is 24.6 Å². The Bertz CT molecular complexity index is 1550. The van der Waals surface area contributed by atoms with E-state index in [0.717, 1.165) is 16.7 Å². The summed E-state index contributed by atoms with van der Waals surface area (Å²) in [6.45, 7) is 9.90. The molecular weight excluding hydrogens is 684 g/mol. The number of hydrogen-bond donors (Lipinski definition) is 0. The van der Waals surface area contributed by atoms with E-state index >= 15 is 0 Å². The minimum absolute atomic E-state index is 0. The lowest BCUT2D eigenvalue weighted by Gasteiger charge is -2.39. The van der Waals surface area contributed by atoms with Crippen molar-refractivity contribution in [1.82, 2.24) is 14.7 Å². The maximum absolute atomic E-state index is 14.7. The van der Waals surface area contributed by atoms with E-state index in [0.29, 0.717) is 60.0 Å². The second-order valence-corrected chi connectivity index (χ2v) is 13.6. The van der Waals surface area contributed by atoms with Crippen LogP contribution in [0.2, 0.25) is 10.0 Å². The first-order valence-corrected chi connectivity index (χ1v) is 16.2. The highest BCUT2D eigenvalue weighted by molar-refractivity contribution is 6.30. The molecule has 5 rings (SSSR count). The highest BCUT2D eigenvalue weighted by atomic mass is 35.5. The van der Waals surface area contributed by atoms with Gasteiger partial charge in [-0.1, -0.05) is 81.7 Å². The van der Waals surface area contributed by atoms with Crippen molar-refractivity contribution in [3.8, 4) is 5.75 Å². The Kier molecular flexibility index (Phi) is 13.3. The van der Waals surface area contributed by atoms with Crippen LogP contribution < -0.4 is 4.74 Å². The number of aliphatic imine (C=N–C) groups is 1. The second kappa shape index (κ2) is 16.2. The van der Waals surface area contributed by atoms with Crippen LogP contribution in [0.5, 0.6) is 5.75 Å². The van der Waals surface area contributed by atoms with Crippen molar-refractivity contribution in [2.45, 2.75) is 65.2 Å². The lowest BCUT2D eigenvalue weighted by Crippen LogP contribution is -2.54.